The second-order valence-electron chi connectivity index (χ2n) is 8.58. The number of aliphatic hydroxyl groups excluding tert-OH is 1. The molecule has 0 amide bonds. The van der Waals surface area contributed by atoms with Gasteiger partial charge in [0.2, 0.25) is 11.5 Å². The minimum absolute atomic E-state index is 0.126. The summed E-state index contributed by atoms with van der Waals surface area (Å²) in [5.74, 6) is -5.13. The summed E-state index contributed by atoms with van der Waals surface area (Å²) in [6.45, 7) is 0. The van der Waals surface area contributed by atoms with Crippen LogP contribution in [0.3, 0.4) is 0 Å². The Morgan fingerprint density at radius 2 is 1.03 bits per heavy atom. The van der Waals surface area contributed by atoms with Crippen molar-refractivity contribution in [1.82, 2.24) is 0 Å². The highest BCUT2D eigenvalue weighted by Gasteiger charge is 2.52. The smallest absolute Gasteiger partial charge is 0.338 e. The van der Waals surface area contributed by atoms with E-state index in [4.69, 9.17) is 28.4 Å². The van der Waals surface area contributed by atoms with Crippen molar-refractivity contribution in [2.45, 2.75) is 36.8 Å². The number of carbonyl (C=O) groups is 3. The molecule has 0 spiro atoms. The minimum Gasteiger partial charge on any atom is -0.502 e. The van der Waals surface area contributed by atoms with E-state index in [9.17, 15) is 39.9 Å². The zero-order valence-electron chi connectivity index (χ0n) is 21.4. The number of phenols is 2. The first-order valence-electron chi connectivity index (χ1n) is 11.3. The Balaban J connectivity index is 1.89. The van der Waals surface area contributed by atoms with E-state index in [1.807, 2.05) is 0 Å². The lowest BCUT2D eigenvalue weighted by Gasteiger charge is -2.40. The standard InChI is InChI=1S/C25H28O14/c1-34-13-5-11(6-14(35-2)19(13)26)22(29)38-17-9-25(33,24(31)32)10-18(21(17)28)39-23(30)12-7-15(36-3)20(27)16(8-12)37-4/h5-8,17-18,21,26-28,33H,9-10H2,1-4H3,(H,31,32)/t17-,18-,21?,25?/m1/s1. The molecule has 39 heavy (non-hydrogen) atoms. The van der Waals surface area contributed by atoms with E-state index in [2.05, 4.69) is 0 Å². The number of benzene rings is 2. The van der Waals surface area contributed by atoms with Crippen LogP contribution in [0.25, 0.3) is 0 Å². The third kappa shape index (κ3) is 5.86. The Morgan fingerprint density at radius 1 is 0.718 bits per heavy atom. The number of carboxylic acids is 1. The van der Waals surface area contributed by atoms with Crippen LogP contribution < -0.4 is 18.9 Å². The number of hydrogen-bond donors (Lipinski definition) is 5. The number of hydrogen-bond acceptors (Lipinski definition) is 13. The van der Waals surface area contributed by atoms with Crippen LogP contribution in [0, 0.1) is 0 Å². The Kier molecular flexibility index (Phi) is 8.61. The number of carboxylic acid groups (broad SMARTS) is 1. The average Bonchev–Trinajstić information content (AvgIpc) is 2.91. The molecule has 1 fully saturated rings. The number of esters is 2. The van der Waals surface area contributed by atoms with Crippen LogP contribution in [0.5, 0.6) is 34.5 Å². The Hall–Kier alpha value is -4.43. The monoisotopic (exact) mass is 552 g/mol. The van der Waals surface area contributed by atoms with E-state index < -0.39 is 54.7 Å². The zero-order valence-corrected chi connectivity index (χ0v) is 21.4. The molecule has 1 aliphatic carbocycles. The lowest BCUT2D eigenvalue weighted by molar-refractivity contribution is -0.187. The van der Waals surface area contributed by atoms with Gasteiger partial charge in [0.15, 0.2) is 28.6 Å². The lowest BCUT2D eigenvalue weighted by Crippen LogP contribution is -2.58. The second-order valence-corrected chi connectivity index (χ2v) is 8.58. The second kappa shape index (κ2) is 11.5. The molecule has 14 nitrogen and oxygen atoms in total. The summed E-state index contributed by atoms with van der Waals surface area (Å²) in [5, 5.41) is 51.4. The van der Waals surface area contributed by atoms with Gasteiger partial charge in [-0.2, -0.15) is 0 Å². The zero-order chi connectivity index (χ0) is 29.1. The van der Waals surface area contributed by atoms with Gasteiger partial charge in [-0.1, -0.05) is 0 Å². The van der Waals surface area contributed by atoms with Gasteiger partial charge in [0, 0.05) is 12.8 Å². The predicted octanol–water partition coefficient (Wildman–Crippen LogP) is 0.854. The number of ether oxygens (including phenoxy) is 6. The Bertz CT molecular complexity index is 1120. The summed E-state index contributed by atoms with van der Waals surface area (Å²) in [5.41, 5.74) is -2.91. The molecule has 0 unspecified atom stereocenters. The quantitative estimate of drug-likeness (QED) is 0.273. The minimum atomic E-state index is -2.54. The summed E-state index contributed by atoms with van der Waals surface area (Å²) >= 11 is 0. The van der Waals surface area contributed by atoms with Crippen molar-refractivity contribution >= 4 is 17.9 Å². The molecular weight excluding hydrogens is 524 g/mol. The van der Waals surface area contributed by atoms with Crippen molar-refractivity contribution in [3.63, 3.8) is 0 Å². The highest BCUT2D eigenvalue weighted by molar-refractivity contribution is 5.92. The molecule has 3 rings (SSSR count). The van der Waals surface area contributed by atoms with Crippen LogP contribution in [0.15, 0.2) is 24.3 Å². The van der Waals surface area contributed by atoms with Gasteiger partial charge in [0.1, 0.15) is 18.3 Å². The highest BCUT2D eigenvalue weighted by Crippen LogP contribution is 2.40. The van der Waals surface area contributed by atoms with E-state index in [0.717, 1.165) is 24.3 Å². The Morgan fingerprint density at radius 3 is 1.28 bits per heavy atom. The van der Waals surface area contributed by atoms with Crippen LogP contribution in [0.2, 0.25) is 0 Å². The van der Waals surface area contributed by atoms with Gasteiger partial charge in [0.05, 0.1) is 39.6 Å². The van der Waals surface area contributed by atoms with Gasteiger partial charge in [-0.3, -0.25) is 0 Å². The number of aliphatic carboxylic acids is 1. The SMILES string of the molecule is COc1cc(C(=O)O[C@@H]2CC(O)(C(=O)O)C[C@@H](OC(=O)c3cc(OC)c(O)c(OC)c3)C2O)cc(OC)c1O. The first-order valence-corrected chi connectivity index (χ1v) is 11.3. The molecule has 2 atom stereocenters. The summed E-state index contributed by atoms with van der Waals surface area (Å²) < 4.78 is 30.6. The normalized spacial score (nSPS) is 22.4. The number of aromatic hydroxyl groups is 2. The van der Waals surface area contributed by atoms with Crippen molar-refractivity contribution < 1.29 is 68.3 Å². The maximum Gasteiger partial charge on any atom is 0.338 e. The first-order chi connectivity index (χ1) is 18.4. The summed E-state index contributed by atoms with van der Waals surface area (Å²) in [4.78, 5) is 37.7. The summed E-state index contributed by atoms with van der Waals surface area (Å²) in [7, 11) is 4.94. The fourth-order valence-electron chi connectivity index (χ4n) is 4.06. The number of carbonyl (C=O) groups excluding carboxylic acids is 2. The molecule has 0 aromatic heterocycles. The predicted molar refractivity (Wildman–Crippen MR) is 129 cm³/mol. The van der Waals surface area contributed by atoms with Gasteiger partial charge in [-0.15, -0.1) is 0 Å². The maximum atomic E-state index is 12.9. The van der Waals surface area contributed by atoms with Crippen molar-refractivity contribution in [2.24, 2.45) is 0 Å². The molecular formula is C25H28O14. The van der Waals surface area contributed by atoms with Crippen LogP contribution in [0.1, 0.15) is 33.6 Å². The van der Waals surface area contributed by atoms with Crippen LogP contribution >= 0.6 is 0 Å². The number of methoxy groups -OCH3 is 4. The van der Waals surface area contributed by atoms with Gasteiger partial charge in [-0.05, 0) is 24.3 Å². The topological polar surface area (TPSA) is 208 Å². The summed E-state index contributed by atoms with van der Waals surface area (Å²) in [6, 6.07) is 4.51. The number of phenolic OH excluding ortho intramolecular Hbond substituents is 2. The maximum absolute atomic E-state index is 12.9. The van der Waals surface area contributed by atoms with Gasteiger partial charge in [-0.25, -0.2) is 14.4 Å². The average molecular weight is 552 g/mol. The molecule has 0 saturated heterocycles. The van der Waals surface area contributed by atoms with E-state index in [-0.39, 0.29) is 45.6 Å². The third-order valence-corrected chi connectivity index (χ3v) is 6.19. The first kappa shape index (κ1) is 29.1. The molecule has 2 aromatic carbocycles. The molecule has 2 aromatic rings. The molecule has 0 heterocycles. The van der Waals surface area contributed by atoms with Crippen molar-refractivity contribution in [3.05, 3.63) is 35.4 Å². The third-order valence-electron chi connectivity index (χ3n) is 6.19. The van der Waals surface area contributed by atoms with Gasteiger partial charge >= 0.3 is 17.9 Å². The molecule has 0 aliphatic heterocycles. The fourth-order valence-corrected chi connectivity index (χ4v) is 4.06. The number of aliphatic hydroxyl groups is 2. The fraction of sp³-hybridized carbons (Fsp3) is 0.400. The van der Waals surface area contributed by atoms with Crippen LogP contribution in [0.4, 0.5) is 0 Å². The highest BCUT2D eigenvalue weighted by atomic mass is 16.6. The summed E-state index contributed by atoms with van der Waals surface area (Å²) in [6.07, 6.45) is -6.48. The van der Waals surface area contributed by atoms with Crippen molar-refractivity contribution in [1.29, 1.82) is 0 Å². The molecule has 1 aliphatic rings. The van der Waals surface area contributed by atoms with Gasteiger partial charge in [0.25, 0.3) is 0 Å². The lowest BCUT2D eigenvalue weighted by atomic mass is 9.79. The molecule has 5 N–H and O–H groups in total. The molecule has 212 valence electrons. The van der Waals surface area contributed by atoms with E-state index in [1.54, 1.807) is 0 Å². The largest absolute Gasteiger partial charge is 0.502 e. The molecule has 0 radical (unpaired) electrons. The number of rotatable bonds is 9. The van der Waals surface area contributed by atoms with E-state index in [0.29, 0.717) is 0 Å². The van der Waals surface area contributed by atoms with E-state index in [1.165, 1.54) is 28.4 Å². The molecule has 0 bridgehead atoms. The molecule has 1 saturated carbocycles. The Labute approximate surface area is 221 Å². The van der Waals surface area contributed by atoms with Gasteiger partial charge < -0.3 is 54.0 Å². The van der Waals surface area contributed by atoms with Crippen molar-refractivity contribution in [3.8, 4) is 34.5 Å². The molecule has 14 heteroatoms. The van der Waals surface area contributed by atoms with Crippen LogP contribution in [-0.4, -0.2) is 95.8 Å². The van der Waals surface area contributed by atoms with E-state index >= 15 is 0 Å². The van der Waals surface area contributed by atoms with Crippen molar-refractivity contribution in [2.75, 3.05) is 28.4 Å². The van der Waals surface area contributed by atoms with Crippen LogP contribution in [-0.2, 0) is 14.3 Å².